The van der Waals surface area contributed by atoms with Gasteiger partial charge in [-0.25, -0.2) is 0 Å². The summed E-state index contributed by atoms with van der Waals surface area (Å²) in [6.45, 7) is 10.6. The second-order valence-electron chi connectivity index (χ2n) is 6.88. The van der Waals surface area contributed by atoms with Crippen LogP contribution in [0.25, 0.3) is 0 Å². The van der Waals surface area contributed by atoms with E-state index in [0.29, 0.717) is 5.92 Å². The van der Waals surface area contributed by atoms with Gasteiger partial charge in [0, 0.05) is 12.0 Å². The lowest BCUT2D eigenvalue weighted by molar-refractivity contribution is 0.181. The maximum atomic E-state index is 9.99. The van der Waals surface area contributed by atoms with Crippen molar-refractivity contribution in [2.24, 2.45) is 5.92 Å². The summed E-state index contributed by atoms with van der Waals surface area (Å²) in [5, 5.41) is 9.99. The fraction of sp³-hybridized carbons (Fsp3) is 0.524. The Hall–Kier alpha value is -1.70. The number of phenolic OH excluding ortho intramolecular Hbond substituents is 1. The van der Waals surface area contributed by atoms with Gasteiger partial charge in [0.25, 0.3) is 0 Å². The van der Waals surface area contributed by atoms with Crippen LogP contribution in [0.2, 0.25) is 0 Å². The Morgan fingerprint density at radius 1 is 1.30 bits per heavy atom. The number of hydrogen-bond donors (Lipinski definition) is 1. The number of rotatable bonds is 7. The van der Waals surface area contributed by atoms with Gasteiger partial charge in [0.2, 0.25) is 0 Å². The molecule has 0 saturated heterocycles. The molecule has 1 aromatic rings. The molecule has 0 aliphatic heterocycles. The van der Waals surface area contributed by atoms with Crippen LogP contribution in [0.3, 0.4) is 0 Å². The predicted molar refractivity (Wildman–Crippen MR) is 97.0 cm³/mol. The molecular formula is C21H30O2. The molecule has 0 spiro atoms. The van der Waals surface area contributed by atoms with Crippen LogP contribution in [-0.2, 0) is 6.42 Å². The number of benzene rings is 1. The van der Waals surface area contributed by atoms with E-state index in [1.807, 2.05) is 6.07 Å². The molecule has 2 unspecified atom stereocenters. The van der Waals surface area contributed by atoms with Gasteiger partial charge in [-0.05, 0) is 63.3 Å². The van der Waals surface area contributed by atoms with Gasteiger partial charge in [-0.15, -0.1) is 0 Å². The largest absolute Gasteiger partial charge is 0.508 e. The zero-order chi connectivity index (χ0) is 16.8. The minimum Gasteiger partial charge on any atom is -0.508 e. The third-order valence-corrected chi connectivity index (χ3v) is 4.62. The minimum absolute atomic E-state index is 0.0199. The molecule has 0 aromatic heterocycles. The fourth-order valence-electron chi connectivity index (χ4n) is 3.26. The highest BCUT2D eigenvalue weighted by molar-refractivity contribution is 5.38. The second-order valence-corrected chi connectivity index (χ2v) is 6.88. The maximum Gasteiger partial charge on any atom is 0.124 e. The van der Waals surface area contributed by atoms with E-state index in [-0.39, 0.29) is 11.9 Å². The first kappa shape index (κ1) is 17.7. The molecular weight excluding hydrogens is 284 g/mol. The van der Waals surface area contributed by atoms with Crippen molar-refractivity contribution >= 4 is 0 Å². The molecule has 126 valence electrons. The van der Waals surface area contributed by atoms with Crippen LogP contribution in [0.1, 0.15) is 58.4 Å². The number of phenols is 1. The zero-order valence-corrected chi connectivity index (χ0v) is 14.8. The number of hydrogen-bond acceptors (Lipinski definition) is 2. The highest BCUT2D eigenvalue weighted by Gasteiger charge is 2.26. The summed E-state index contributed by atoms with van der Waals surface area (Å²) in [6, 6.07) is 5.64. The molecule has 1 N–H and O–H groups in total. The molecule has 0 saturated carbocycles. The standard InChI is InChI=1S/C21H30O2/c1-5-6-7-8-17-12-18(22)14-19(13-17)23-21-11-16(4)9-10-20(21)15(2)3/h11-14,20-22H,2,5-10H2,1,3-4H3. The van der Waals surface area contributed by atoms with Crippen LogP contribution in [0.4, 0.5) is 0 Å². The number of aromatic hydroxyl groups is 1. The van der Waals surface area contributed by atoms with Gasteiger partial charge >= 0.3 is 0 Å². The Morgan fingerprint density at radius 2 is 2.09 bits per heavy atom. The zero-order valence-electron chi connectivity index (χ0n) is 14.8. The van der Waals surface area contributed by atoms with Gasteiger partial charge < -0.3 is 9.84 Å². The topological polar surface area (TPSA) is 29.5 Å². The van der Waals surface area contributed by atoms with E-state index in [0.717, 1.165) is 37.0 Å². The van der Waals surface area contributed by atoms with E-state index in [1.54, 1.807) is 6.07 Å². The number of aryl methyl sites for hydroxylation is 1. The highest BCUT2D eigenvalue weighted by atomic mass is 16.5. The molecule has 1 aliphatic rings. The average Bonchev–Trinajstić information content (AvgIpc) is 2.46. The van der Waals surface area contributed by atoms with Crippen molar-refractivity contribution in [1.29, 1.82) is 0 Å². The van der Waals surface area contributed by atoms with E-state index in [1.165, 1.54) is 24.0 Å². The van der Waals surface area contributed by atoms with Crippen LogP contribution >= 0.6 is 0 Å². The summed E-state index contributed by atoms with van der Waals surface area (Å²) in [6.07, 6.45) is 8.99. The molecule has 1 aliphatic carbocycles. The summed E-state index contributed by atoms with van der Waals surface area (Å²) in [7, 11) is 0. The van der Waals surface area contributed by atoms with E-state index < -0.39 is 0 Å². The Bertz CT molecular complexity index is 571. The van der Waals surface area contributed by atoms with Gasteiger partial charge in [-0.2, -0.15) is 0 Å². The summed E-state index contributed by atoms with van der Waals surface area (Å²) in [5.74, 6) is 1.40. The first-order chi connectivity index (χ1) is 11.0. The van der Waals surface area contributed by atoms with Gasteiger partial charge in [0.05, 0.1) is 0 Å². The van der Waals surface area contributed by atoms with Gasteiger partial charge in [-0.3, -0.25) is 0 Å². The maximum absolute atomic E-state index is 9.99. The van der Waals surface area contributed by atoms with Gasteiger partial charge in [0.15, 0.2) is 0 Å². The molecule has 2 atom stereocenters. The molecule has 2 heteroatoms. The molecule has 0 heterocycles. The molecule has 23 heavy (non-hydrogen) atoms. The predicted octanol–water partition coefficient (Wildman–Crippen LogP) is 5.80. The van der Waals surface area contributed by atoms with Crippen molar-refractivity contribution in [3.8, 4) is 11.5 Å². The number of unbranched alkanes of at least 4 members (excludes halogenated alkanes) is 2. The van der Waals surface area contributed by atoms with E-state index in [4.69, 9.17) is 4.74 Å². The average molecular weight is 314 g/mol. The quantitative estimate of drug-likeness (QED) is 0.508. The normalized spacial score (nSPS) is 20.9. The van der Waals surface area contributed by atoms with Crippen molar-refractivity contribution < 1.29 is 9.84 Å². The summed E-state index contributed by atoms with van der Waals surface area (Å²) >= 11 is 0. The van der Waals surface area contributed by atoms with Gasteiger partial charge in [0.1, 0.15) is 17.6 Å². The van der Waals surface area contributed by atoms with Crippen molar-refractivity contribution in [1.82, 2.24) is 0 Å². The van der Waals surface area contributed by atoms with E-state index >= 15 is 0 Å². The first-order valence-corrected chi connectivity index (χ1v) is 8.82. The lowest BCUT2D eigenvalue weighted by Crippen LogP contribution is -2.29. The van der Waals surface area contributed by atoms with E-state index in [2.05, 4.69) is 39.5 Å². The third-order valence-electron chi connectivity index (χ3n) is 4.62. The van der Waals surface area contributed by atoms with Crippen LogP contribution in [0.15, 0.2) is 42.0 Å². The molecule has 0 bridgehead atoms. The van der Waals surface area contributed by atoms with Crippen molar-refractivity contribution in [2.45, 2.75) is 65.4 Å². The summed E-state index contributed by atoms with van der Waals surface area (Å²) in [4.78, 5) is 0. The van der Waals surface area contributed by atoms with Crippen molar-refractivity contribution in [2.75, 3.05) is 0 Å². The number of ether oxygens (including phenoxy) is 1. The van der Waals surface area contributed by atoms with Crippen molar-refractivity contribution in [3.63, 3.8) is 0 Å². The van der Waals surface area contributed by atoms with Crippen LogP contribution in [0.5, 0.6) is 11.5 Å². The first-order valence-electron chi connectivity index (χ1n) is 8.82. The molecule has 1 aromatic carbocycles. The van der Waals surface area contributed by atoms with Crippen LogP contribution in [-0.4, -0.2) is 11.2 Å². The molecule has 0 fully saturated rings. The second kappa shape index (κ2) is 8.24. The Labute approximate surface area is 140 Å². The molecule has 2 rings (SSSR count). The van der Waals surface area contributed by atoms with Gasteiger partial charge in [-0.1, -0.05) is 37.5 Å². The Balaban J connectivity index is 2.14. The Kier molecular flexibility index (Phi) is 6.32. The van der Waals surface area contributed by atoms with Crippen molar-refractivity contribution in [3.05, 3.63) is 47.6 Å². The lowest BCUT2D eigenvalue weighted by atomic mass is 9.83. The van der Waals surface area contributed by atoms with E-state index in [9.17, 15) is 5.11 Å². The molecule has 0 radical (unpaired) electrons. The number of allylic oxidation sites excluding steroid dienone is 1. The lowest BCUT2D eigenvalue weighted by Gasteiger charge is -2.30. The van der Waals surface area contributed by atoms with Crippen LogP contribution < -0.4 is 4.74 Å². The fourth-order valence-corrected chi connectivity index (χ4v) is 3.26. The SMILES string of the molecule is C=C(C)C1CCC(C)=CC1Oc1cc(O)cc(CCCCC)c1. The summed E-state index contributed by atoms with van der Waals surface area (Å²) < 4.78 is 6.23. The molecule has 0 amide bonds. The monoisotopic (exact) mass is 314 g/mol. The Morgan fingerprint density at radius 3 is 2.78 bits per heavy atom. The summed E-state index contributed by atoms with van der Waals surface area (Å²) in [5.41, 5.74) is 3.69. The third kappa shape index (κ3) is 5.16. The molecule has 2 nitrogen and oxygen atoms in total. The smallest absolute Gasteiger partial charge is 0.124 e. The van der Waals surface area contributed by atoms with Crippen LogP contribution in [0, 0.1) is 5.92 Å². The minimum atomic E-state index is 0.0199. The highest BCUT2D eigenvalue weighted by Crippen LogP contribution is 2.33.